The van der Waals surface area contributed by atoms with Gasteiger partial charge in [0.2, 0.25) is 5.91 Å². The Morgan fingerprint density at radius 2 is 2.27 bits per heavy atom. The second kappa shape index (κ2) is 6.69. The number of thiophene rings is 1. The first kappa shape index (κ1) is 16.0. The Morgan fingerprint density at radius 3 is 3.00 bits per heavy atom. The lowest BCUT2D eigenvalue weighted by Crippen LogP contribution is -2.49. The predicted molar refractivity (Wildman–Crippen MR) is 89.0 cm³/mol. The van der Waals surface area contributed by atoms with Crippen molar-refractivity contribution in [3.63, 3.8) is 0 Å². The number of likely N-dealkylation sites (tertiary alicyclic amines) is 1. The van der Waals surface area contributed by atoms with E-state index in [1.165, 1.54) is 10.4 Å². The average molecular weight is 322 g/mol. The number of aliphatic hydroxyl groups excluding tert-OH is 1. The molecule has 5 heteroatoms. The monoisotopic (exact) mass is 322 g/mol. The zero-order valence-electron chi connectivity index (χ0n) is 13.5. The summed E-state index contributed by atoms with van der Waals surface area (Å²) in [5.41, 5.74) is 1.35. The van der Waals surface area contributed by atoms with Crippen LogP contribution in [0, 0.1) is 5.92 Å². The first-order valence-electron chi connectivity index (χ1n) is 8.36. The third-order valence-corrected chi connectivity index (χ3v) is 6.16. The number of piperidine rings is 1. The third kappa shape index (κ3) is 3.07. The van der Waals surface area contributed by atoms with Crippen LogP contribution in [0.4, 0.5) is 0 Å². The molecule has 122 valence electrons. The van der Waals surface area contributed by atoms with Gasteiger partial charge in [-0.15, -0.1) is 11.3 Å². The van der Waals surface area contributed by atoms with Crippen molar-refractivity contribution >= 4 is 17.2 Å². The van der Waals surface area contributed by atoms with E-state index in [1.54, 1.807) is 0 Å². The molecule has 0 bridgehead atoms. The highest BCUT2D eigenvalue weighted by molar-refractivity contribution is 7.10. The van der Waals surface area contributed by atoms with Gasteiger partial charge in [0, 0.05) is 18.0 Å². The van der Waals surface area contributed by atoms with Crippen LogP contribution in [-0.4, -0.2) is 53.1 Å². The molecule has 0 aromatic carbocycles. The molecular formula is C17H26N2O2S. The molecule has 3 heterocycles. The Balaban J connectivity index is 1.65. The maximum atomic E-state index is 12.8. The lowest BCUT2D eigenvalue weighted by atomic mass is 9.95. The van der Waals surface area contributed by atoms with Gasteiger partial charge in [0.15, 0.2) is 0 Å². The molecule has 1 N–H and O–H groups in total. The average Bonchev–Trinajstić information content (AvgIpc) is 2.98. The molecule has 2 aliphatic rings. The summed E-state index contributed by atoms with van der Waals surface area (Å²) in [5, 5.41) is 12.1. The number of nitrogens with zero attached hydrogens (tertiary/aromatic N) is 2. The van der Waals surface area contributed by atoms with Gasteiger partial charge >= 0.3 is 0 Å². The second-order valence-electron chi connectivity index (χ2n) is 6.63. The number of hydrogen-bond donors (Lipinski definition) is 1. The van der Waals surface area contributed by atoms with Crippen molar-refractivity contribution in [3.8, 4) is 0 Å². The molecule has 1 saturated heterocycles. The third-order valence-electron chi connectivity index (χ3n) is 5.16. The zero-order chi connectivity index (χ0) is 15.7. The van der Waals surface area contributed by atoms with Crippen molar-refractivity contribution in [2.75, 3.05) is 26.2 Å². The summed E-state index contributed by atoms with van der Waals surface area (Å²) >= 11 is 1.81. The van der Waals surface area contributed by atoms with Gasteiger partial charge in [-0.1, -0.05) is 13.8 Å². The van der Waals surface area contributed by atoms with E-state index >= 15 is 0 Å². The van der Waals surface area contributed by atoms with E-state index in [2.05, 4.69) is 35.1 Å². The van der Waals surface area contributed by atoms with Gasteiger partial charge in [-0.3, -0.25) is 9.69 Å². The van der Waals surface area contributed by atoms with Crippen molar-refractivity contribution in [2.24, 2.45) is 5.92 Å². The number of rotatable bonds is 3. The Kier molecular flexibility index (Phi) is 4.85. The Labute approximate surface area is 136 Å². The van der Waals surface area contributed by atoms with Crippen molar-refractivity contribution in [2.45, 2.75) is 45.3 Å². The molecular weight excluding hydrogens is 296 g/mol. The number of hydrogen-bond acceptors (Lipinski definition) is 4. The van der Waals surface area contributed by atoms with Crippen LogP contribution in [0.3, 0.4) is 0 Å². The molecule has 1 aromatic rings. The maximum Gasteiger partial charge on any atom is 0.237 e. The Morgan fingerprint density at radius 1 is 1.45 bits per heavy atom. The zero-order valence-corrected chi connectivity index (χ0v) is 14.3. The molecule has 2 aliphatic heterocycles. The molecule has 3 unspecified atom stereocenters. The molecule has 1 aromatic heterocycles. The van der Waals surface area contributed by atoms with Crippen LogP contribution >= 0.6 is 11.3 Å². The molecule has 1 fully saturated rings. The van der Waals surface area contributed by atoms with Gasteiger partial charge in [-0.25, -0.2) is 0 Å². The van der Waals surface area contributed by atoms with Crippen LogP contribution in [0.5, 0.6) is 0 Å². The fourth-order valence-electron chi connectivity index (χ4n) is 3.68. The van der Waals surface area contributed by atoms with Crippen molar-refractivity contribution in [3.05, 3.63) is 21.9 Å². The lowest BCUT2D eigenvalue weighted by Gasteiger charge is -2.39. The van der Waals surface area contributed by atoms with Gasteiger partial charge in [-0.05, 0) is 48.7 Å². The van der Waals surface area contributed by atoms with Crippen molar-refractivity contribution < 1.29 is 9.90 Å². The van der Waals surface area contributed by atoms with Crippen LogP contribution < -0.4 is 0 Å². The van der Waals surface area contributed by atoms with Gasteiger partial charge in [0.25, 0.3) is 0 Å². The van der Waals surface area contributed by atoms with Gasteiger partial charge in [0.1, 0.15) is 0 Å². The normalized spacial score (nSPS) is 29.4. The fraction of sp³-hybridized carbons (Fsp3) is 0.706. The van der Waals surface area contributed by atoms with Crippen molar-refractivity contribution in [1.82, 2.24) is 9.80 Å². The number of carbonyl (C=O) groups is 1. The molecule has 4 nitrogen and oxygen atoms in total. The summed E-state index contributed by atoms with van der Waals surface area (Å²) in [6.07, 6.45) is 2.62. The molecule has 0 spiro atoms. The van der Waals surface area contributed by atoms with E-state index in [0.29, 0.717) is 19.0 Å². The quantitative estimate of drug-likeness (QED) is 0.928. The summed E-state index contributed by atoms with van der Waals surface area (Å²) in [4.78, 5) is 18.4. The van der Waals surface area contributed by atoms with E-state index in [0.717, 1.165) is 32.4 Å². The van der Waals surface area contributed by atoms with Crippen LogP contribution in [-0.2, 0) is 11.2 Å². The number of β-amino-alcohol motifs (C(OH)–C–C–N with tert-alkyl or cyclic N) is 1. The number of carbonyl (C=O) groups excluding carboxylic acids is 1. The van der Waals surface area contributed by atoms with Gasteiger partial charge < -0.3 is 10.0 Å². The number of aliphatic hydroxyl groups is 1. The van der Waals surface area contributed by atoms with Crippen molar-refractivity contribution in [1.29, 1.82) is 0 Å². The van der Waals surface area contributed by atoms with Gasteiger partial charge in [-0.2, -0.15) is 0 Å². The summed E-state index contributed by atoms with van der Waals surface area (Å²) in [7, 11) is 0. The molecule has 1 amide bonds. The summed E-state index contributed by atoms with van der Waals surface area (Å²) in [5.74, 6) is 0.559. The maximum absolute atomic E-state index is 12.8. The standard InChI is InChI=1S/C17H26N2O2S/c1-3-14-13-6-9-22-16(13)5-8-19(14)17(21)11-18-7-4-12(2)15(20)10-18/h6,9,12,14-15,20H,3-5,7-8,10-11H2,1-2H3. The summed E-state index contributed by atoms with van der Waals surface area (Å²) in [6.45, 7) is 7.06. The van der Waals surface area contributed by atoms with E-state index < -0.39 is 0 Å². The first-order valence-corrected chi connectivity index (χ1v) is 9.24. The minimum Gasteiger partial charge on any atom is -0.392 e. The molecule has 3 atom stereocenters. The van der Waals surface area contributed by atoms with E-state index in [1.807, 2.05) is 11.3 Å². The molecule has 22 heavy (non-hydrogen) atoms. The minimum atomic E-state index is -0.298. The largest absolute Gasteiger partial charge is 0.392 e. The lowest BCUT2D eigenvalue weighted by molar-refractivity contribution is -0.136. The van der Waals surface area contributed by atoms with E-state index in [-0.39, 0.29) is 18.1 Å². The van der Waals surface area contributed by atoms with Crippen LogP contribution in [0.2, 0.25) is 0 Å². The minimum absolute atomic E-state index is 0.213. The Hall–Kier alpha value is -0.910. The summed E-state index contributed by atoms with van der Waals surface area (Å²) < 4.78 is 0. The number of fused-ring (bicyclic) bond motifs is 1. The van der Waals surface area contributed by atoms with E-state index in [4.69, 9.17) is 0 Å². The predicted octanol–water partition coefficient (Wildman–Crippen LogP) is 2.29. The summed E-state index contributed by atoms with van der Waals surface area (Å²) in [6, 6.07) is 2.41. The Bertz CT molecular complexity index is 530. The highest BCUT2D eigenvalue weighted by atomic mass is 32.1. The van der Waals surface area contributed by atoms with Gasteiger partial charge in [0.05, 0.1) is 18.7 Å². The smallest absolute Gasteiger partial charge is 0.237 e. The molecule has 3 rings (SSSR count). The second-order valence-corrected chi connectivity index (χ2v) is 7.63. The molecule has 0 aliphatic carbocycles. The number of amides is 1. The highest BCUT2D eigenvalue weighted by Gasteiger charge is 2.32. The van der Waals surface area contributed by atoms with E-state index in [9.17, 15) is 9.90 Å². The highest BCUT2D eigenvalue weighted by Crippen LogP contribution is 2.35. The molecule has 0 saturated carbocycles. The van der Waals surface area contributed by atoms with Crippen LogP contribution in [0.1, 0.15) is 43.2 Å². The van der Waals surface area contributed by atoms with Crippen LogP contribution in [0.25, 0.3) is 0 Å². The first-order chi connectivity index (χ1) is 10.6. The fourth-order valence-corrected chi connectivity index (χ4v) is 4.60. The SMILES string of the molecule is CCC1c2ccsc2CCN1C(=O)CN1CCC(C)C(O)C1. The molecule has 0 radical (unpaired) electrons. The van der Waals surface area contributed by atoms with Crippen LogP contribution in [0.15, 0.2) is 11.4 Å². The topological polar surface area (TPSA) is 43.8 Å².